The third-order valence-electron chi connectivity index (χ3n) is 4.26. The summed E-state index contributed by atoms with van der Waals surface area (Å²) < 4.78 is 1.65. The second-order valence-corrected chi connectivity index (χ2v) is 6.15. The summed E-state index contributed by atoms with van der Waals surface area (Å²) in [7, 11) is 0. The summed E-state index contributed by atoms with van der Waals surface area (Å²) in [5, 5.41) is 10.4. The predicted octanol–water partition coefficient (Wildman–Crippen LogP) is 3.54. The van der Waals surface area contributed by atoms with E-state index in [1.807, 2.05) is 36.4 Å². The molecule has 2 aromatic carbocycles. The summed E-state index contributed by atoms with van der Waals surface area (Å²) in [6.45, 7) is 0.340. The number of rotatable bonds is 3. The van der Waals surface area contributed by atoms with Crippen molar-refractivity contribution in [1.82, 2.24) is 4.57 Å². The van der Waals surface area contributed by atoms with Gasteiger partial charge in [-0.3, -0.25) is 9.59 Å². The first kappa shape index (κ1) is 14.8. The van der Waals surface area contributed by atoms with Gasteiger partial charge in [-0.05, 0) is 35.2 Å². The Morgan fingerprint density at radius 2 is 2.04 bits per heavy atom. The molecule has 1 amide bonds. The third-order valence-corrected chi connectivity index (χ3v) is 4.58. The molecular weight excluding hydrogens is 328 g/mol. The topological polar surface area (TPSA) is 62.5 Å². The number of fused-ring (bicyclic) bond motifs is 2. The highest BCUT2D eigenvalue weighted by Gasteiger charge is 2.30. The van der Waals surface area contributed by atoms with E-state index in [-0.39, 0.29) is 12.5 Å². The van der Waals surface area contributed by atoms with E-state index in [0.717, 1.165) is 22.2 Å². The molecular formula is C18H13ClN2O3. The number of aliphatic carboxylic acids is 1. The van der Waals surface area contributed by atoms with Crippen molar-refractivity contribution in [3.05, 3.63) is 64.8 Å². The van der Waals surface area contributed by atoms with E-state index < -0.39 is 5.97 Å². The van der Waals surface area contributed by atoms with Gasteiger partial charge in [-0.1, -0.05) is 29.8 Å². The molecule has 1 aliphatic heterocycles. The summed E-state index contributed by atoms with van der Waals surface area (Å²) in [5.41, 5.74) is 2.95. The molecule has 1 aromatic heterocycles. The first-order valence-corrected chi connectivity index (χ1v) is 7.82. The van der Waals surface area contributed by atoms with Crippen LogP contribution in [0, 0.1) is 0 Å². The molecule has 24 heavy (non-hydrogen) atoms. The standard InChI is InChI=1S/C18H13ClN2O3/c19-14-3-1-2-12-9-21(18(24)17(12)14)13-5-4-11-6-7-20(10-16(22)23)15(11)8-13/h1-8H,9-10H2,(H,22,23). The minimum Gasteiger partial charge on any atom is -0.480 e. The van der Waals surface area contributed by atoms with E-state index >= 15 is 0 Å². The molecule has 0 spiro atoms. The summed E-state index contributed by atoms with van der Waals surface area (Å²) in [4.78, 5) is 25.3. The van der Waals surface area contributed by atoms with Crippen molar-refractivity contribution in [3.8, 4) is 0 Å². The fourth-order valence-corrected chi connectivity index (χ4v) is 3.42. The number of amides is 1. The molecule has 0 saturated carbocycles. The Morgan fingerprint density at radius 3 is 2.79 bits per heavy atom. The normalized spacial score (nSPS) is 13.5. The molecule has 0 aliphatic carbocycles. The minimum absolute atomic E-state index is 0.118. The Morgan fingerprint density at radius 1 is 1.21 bits per heavy atom. The van der Waals surface area contributed by atoms with Crippen LogP contribution in [-0.2, 0) is 17.9 Å². The number of hydrogen-bond acceptors (Lipinski definition) is 2. The van der Waals surface area contributed by atoms with Gasteiger partial charge in [-0.2, -0.15) is 0 Å². The van der Waals surface area contributed by atoms with Gasteiger partial charge < -0.3 is 14.6 Å². The lowest BCUT2D eigenvalue weighted by atomic mass is 10.1. The summed E-state index contributed by atoms with van der Waals surface area (Å²) in [5.74, 6) is -1.04. The molecule has 0 unspecified atom stereocenters. The fraction of sp³-hybridized carbons (Fsp3) is 0.111. The summed E-state index contributed by atoms with van der Waals surface area (Å²) >= 11 is 6.16. The number of hydrogen-bond donors (Lipinski definition) is 1. The first-order valence-electron chi connectivity index (χ1n) is 7.44. The molecule has 5 nitrogen and oxygen atoms in total. The highest BCUT2D eigenvalue weighted by atomic mass is 35.5. The third kappa shape index (κ3) is 2.25. The monoisotopic (exact) mass is 340 g/mol. The Kier molecular flexibility index (Phi) is 3.32. The largest absolute Gasteiger partial charge is 0.480 e. The van der Waals surface area contributed by atoms with Crippen molar-refractivity contribution in [2.24, 2.45) is 0 Å². The average Bonchev–Trinajstić information content (AvgIpc) is 3.09. The molecule has 0 fully saturated rings. The summed E-state index contributed by atoms with van der Waals surface area (Å²) in [6.07, 6.45) is 1.74. The van der Waals surface area contributed by atoms with Crippen LogP contribution in [0.1, 0.15) is 15.9 Å². The fourth-order valence-electron chi connectivity index (χ4n) is 3.15. The van der Waals surface area contributed by atoms with Gasteiger partial charge in [0.25, 0.3) is 5.91 Å². The molecule has 4 rings (SSSR count). The summed E-state index contributed by atoms with van der Waals surface area (Å²) in [6, 6.07) is 12.9. The van der Waals surface area contributed by atoms with Gasteiger partial charge in [0, 0.05) is 11.9 Å². The molecule has 1 N–H and O–H groups in total. The van der Waals surface area contributed by atoms with E-state index in [0.29, 0.717) is 17.1 Å². The number of aromatic nitrogens is 1. The van der Waals surface area contributed by atoms with Crippen molar-refractivity contribution >= 4 is 40.1 Å². The highest BCUT2D eigenvalue weighted by molar-refractivity contribution is 6.35. The van der Waals surface area contributed by atoms with E-state index in [4.69, 9.17) is 16.7 Å². The van der Waals surface area contributed by atoms with Crippen molar-refractivity contribution in [2.45, 2.75) is 13.1 Å². The number of benzene rings is 2. The maximum Gasteiger partial charge on any atom is 0.323 e. The van der Waals surface area contributed by atoms with Crippen molar-refractivity contribution < 1.29 is 14.7 Å². The van der Waals surface area contributed by atoms with Crippen LogP contribution in [0.15, 0.2) is 48.7 Å². The molecule has 1 aliphatic rings. The van der Waals surface area contributed by atoms with Crippen molar-refractivity contribution in [2.75, 3.05) is 4.90 Å². The second kappa shape index (κ2) is 5.39. The first-order chi connectivity index (χ1) is 11.5. The lowest BCUT2D eigenvalue weighted by molar-refractivity contribution is -0.137. The van der Waals surface area contributed by atoms with E-state index in [1.54, 1.807) is 21.7 Å². The molecule has 2 heterocycles. The zero-order valence-electron chi connectivity index (χ0n) is 12.6. The predicted molar refractivity (Wildman–Crippen MR) is 91.5 cm³/mol. The van der Waals surface area contributed by atoms with Crippen LogP contribution < -0.4 is 4.90 Å². The number of halogens is 1. The van der Waals surface area contributed by atoms with Gasteiger partial charge in [0.2, 0.25) is 0 Å². The maximum absolute atomic E-state index is 12.7. The van der Waals surface area contributed by atoms with E-state index in [9.17, 15) is 9.59 Å². The quantitative estimate of drug-likeness (QED) is 0.793. The zero-order valence-corrected chi connectivity index (χ0v) is 13.3. The van der Waals surface area contributed by atoms with Gasteiger partial charge in [0.1, 0.15) is 6.54 Å². The van der Waals surface area contributed by atoms with Crippen molar-refractivity contribution in [3.63, 3.8) is 0 Å². The van der Waals surface area contributed by atoms with Gasteiger partial charge in [-0.25, -0.2) is 0 Å². The lowest BCUT2D eigenvalue weighted by Crippen LogP contribution is -2.23. The van der Waals surface area contributed by atoms with Crippen LogP contribution in [0.2, 0.25) is 5.02 Å². The molecule has 0 bridgehead atoms. The molecule has 3 aromatic rings. The van der Waals surface area contributed by atoms with Gasteiger partial charge in [-0.15, -0.1) is 0 Å². The number of carbonyl (C=O) groups is 2. The van der Waals surface area contributed by atoms with Crippen LogP contribution in [0.25, 0.3) is 10.9 Å². The molecule has 0 radical (unpaired) electrons. The van der Waals surface area contributed by atoms with Crippen molar-refractivity contribution in [1.29, 1.82) is 0 Å². The Balaban J connectivity index is 1.77. The van der Waals surface area contributed by atoms with Crippen LogP contribution in [0.3, 0.4) is 0 Å². The van der Waals surface area contributed by atoms with E-state index in [1.165, 1.54) is 0 Å². The Bertz CT molecular complexity index is 993. The highest BCUT2D eigenvalue weighted by Crippen LogP contribution is 2.33. The lowest BCUT2D eigenvalue weighted by Gasteiger charge is -2.16. The van der Waals surface area contributed by atoms with Gasteiger partial charge in [0.15, 0.2) is 0 Å². The number of nitrogens with zero attached hydrogens (tertiary/aromatic N) is 2. The van der Waals surface area contributed by atoms with Crippen LogP contribution in [-0.4, -0.2) is 21.6 Å². The van der Waals surface area contributed by atoms with Gasteiger partial charge in [0.05, 0.1) is 22.6 Å². The second-order valence-electron chi connectivity index (χ2n) is 5.75. The smallest absolute Gasteiger partial charge is 0.323 e. The molecule has 6 heteroatoms. The molecule has 120 valence electrons. The number of carboxylic acid groups (broad SMARTS) is 1. The number of anilines is 1. The Hall–Kier alpha value is -2.79. The van der Waals surface area contributed by atoms with Crippen LogP contribution in [0.5, 0.6) is 0 Å². The zero-order chi connectivity index (χ0) is 16.8. The van der Waals surface area contributed by atoms with E-state index in [2.05, 4.69) is 0 Å². The molecule has 0 atom stereocenters. The van der Waals surface area contributed by atoms with Crippen LogP contribution in [0.4, 0.5) is 5.69 Å². The maximum atomic E-state index is 12.7. The number of carboxylic acids is 1. The van der Waals surface area contributed by atoms with Gasteiger partial charge >= 0.3 is 5.97 Å². The van der Waals surface area contributed by atoms with Crippen LogP contribution >= 0.6 is 11.6 Å². The SMILES string of the molecule is O=C(O)Cn1ccc2ccc(N3Cc4cccc(Cl)c4C3=O)cc21. The molecule has 0 saturated heterocycles. The number of carbonyl (C=O) groups excluding carboxylic acids is 1. The average molecular weight is 341 g/mol. The minimum atomic E-state index is -0.908. The Labute approximate surface area is 142 Å².